The number of aromatic carboxylic acids is 1. The molecular weight excluding hydrogens is 282 g/mol. The quantitative estimate of drug-likeness (QED) is 0.885. The Morgan fingerprint density at radius 2 is 2.05 bits per heavy atom. The maximum Gasteiger partial charge on any atom is 0.335 e. The van der Waals surface area contributed by atoms with Gasteiger partial charge in [0.15, 0.2) is 0 Å². The third kappa shape index (κ3) is 3.43. The van der Waals surface area contributed by atoms with Crippen LogP contribution in [0.1, 0.15) is 21.5 Å². The Balaban J connectivity index is 2.57. The van der Waals surface area contributed by atoms with Crippen LogP contribution < -0.4 is 4.74 Å². The number of nitrogens with zero attached hydrogens (tertiary/aromatic N) is 1. The summed E-state index contributed by atoms with van der Waals surface area (Å²) in [6.07, 6.45) is 0. The maximum absolute atomic E-state index is 11.2. The number of ether oxygens (including phenoxy) is 1. The fourth-order valence-electron chi connectivity index (χ4n) is 2.13. The molecule has 22 heavy (non-hydrogen) atoms. The number of benzene rings is 2. The van der Waals surface area contributed by atoms with Gasteiger partial charge >= 0.3 is 5.97 Å². The lowest BCUT2D eigenvalue weighted by atomic mass is 9.97. The molecule has 0 heterocycles. The molecule has 0 aliphatic heterocycles. The van der Waals surface area contributed by atoms with Crippen LogP contribution in [0.15, 0.2) is 36.4 Å². The molecule has 0 atom stereocenters. The molecule has 0 aromatic heterocycles. The molecule has 5 heteroatoms. The second-order valence-electron chi connectivity index (χ2n) is 4.78. The van der Waals surface area contributed by atoms with Gasteiger partial charge in [0.05, 0.1) is 23.8 Å². The Kier molecular flexibility index (Phi) is 4.77. The zero-order valence-corrected chi connectivity index (χ0v) is 12.0. The van der Waals surface area contributed by atoms with E-state index in [9.17, 15) is 15.2 Å². The Morgan fingerprint density at radius 1 is 1.27 bits per heavy atom. The van der Waals surface area contributed by atoms with Crippen molar-refractivity contribution in [2.24, 2.45) is 0 Å². The van der Waals surface area contributed by atoms with Gasteiger partial charge < -0.3 is 14.9 Å². The Morgan fingerprint density at radius 3 is 2.68 bits per heavy atom. The molecule has 0 radical (unpaired) electrons. The summed E-state index contributed by atoms with van der Waals surface area (Å²) in [4.78, 5) is 11.2. The predicted molar refractivity (Wildman–Crippen MR) is 80.9 cm³/mol. The van der Waals surface area contributed by atoms with E-state index >= 15 is 0 Å². The highest BCUT2D eigenvalue weighted by Crippen LogP contribution is 2.29. The van der Waals surface area contributed by atoms with E-state index in [1.807, 2.05) is 13.0 Å². The van der Waals surface area contributed by atoms with Gasteiger partial charge in [-0.05, 0) is 47.9 Å². The number of nitriles is 1. The van der Waals surface area contributed by atoms with Gasteiger partial charge in [0.1, 0.15) is 12.4 Å². The van der Waals surface area contributed by atoms with Crippen molar-refractivity contribution >= 4 is 5.97 Å². The monoisotopic (exact) mass is 297 g/mol. The van der Waals surface area contributed by atoms with Crippen LogP contribution in [0.25, 0.3) is 11.1 Å². The van der Waals surface area contributed by atoms with Crippen LogP contribution in [-0.4, -0.2) is 29.4 Å². The van der Waals surface area contributed by atoms with Crippen LogP contribution in [0.3, 0.4) is 0 Å². The Labute approximate surface area is 128 Å². The number of aliphatic hydroxyl groups is 1. The lowest BCUT2D eigenvalue weighted by Crippen LogP contribution is -2.04. The number of rotatable bonds is 5. The molecule has 0 fully saturated rings. The summed E-state index contributed by atoms with van der Waals surface area (Å²) < 4.78 is 5.31. The first kappa shape index (κ1) is 15.5. The van der Waals surface area contributed by atoms with E-state index in [2.05, 4.69) is 6.07 Å². The third-order valence-electron chi connectivity index (χ3n) is 3.12. The topological polar surface area (TPSA) is 90.6 Å². The van der Waals surface area contributed by atoms with Crippen molar-refractivity contribution in [3.8, 4) is 22.9 Å². The third-order valence-corrected chi connectivity index (χ3v) is 3.12. The number of hydrogen-bond donors (Lipinski definition) is 2. The molecule has 2 aromatic rings. The number of carboxylic acids is 1. The number of carboxylic acid groups (broad SMARTS) is 1. The summed E-state index contributed by atoms with van der Waals surface area (Å²) in [6, 6.07) is 12.1. The summed E-state index contributed by atoms with van der Waals surface area (Å²) in [5.41, 5.74) is 2.71. The summed E-state index contributed by atoms with van der Waals surface area (Å²) >= 11 is 0. The van der Waals surface area contributed by atoms with Gasteiger partial charge in [-0.25, -0.2) is 4.79 Å². The molecule has 0 bridgehead atoms. The van der Waals surface area contributed by atoms with Gasteiger partial charge in [0, 0.05) is 0 Å². The average Bonchev–Trinajstić information content (AvgIpc) is 2.52. The largest absolute Gasteiger partial charge is 0.491 e. The first-order chi connectivity index (χ1) is 10.5. The highest BCUT2D eigenvalue weighted by Gasteiger charge is 2.12. The molecule has 0 amide bonds. The molecule has 0 saturated carbocycles. The highest BCUT2D eigenvalue weighted by atomic mass is 16.5. The first-order valence-corrected chi connectivity index (χ1v) is 6.68. The molecular formula is C17H15NO4. The van der Waals surface area contributed by atoms with E-state index in [0.29, 0.717) is 22.4 Å². The molecule has 0 aliphatic rings. The van der Waals surface area contributed by atoms with E-state index in [0.717, 1.165) is 5.56 Å². The molecule has 2 aromatic carbocycles. The minimum absolute atomic E-state index is 0.0647. The number of carbonyl (C=O) groups is 1. The minimum Gasteiger partial charge on any atom is -0.491 e. The van der Waals surface area contributed by atoms with E-state index in [1.165, 1.54) is 12.1 Å². The molecule has 0 unspecified atom stereocenters. The second kappa shape index (κ2) is 6.74. The standard InChI is InChI=1S/C17H15NO4/c1-11-2-3-16(14(6-11)10-18)12-7-13(17(20)21)9-15(8-12)22-5-4-19/h2-3,6-9,19H,4-5H2,1H3,(H,20,21). The van der Waals surface area contributed by atoms with Crippen LogP contribution in [0.4, 0.5) is 0 Å². The van der Waals surface area contributed by atoms with Crippen molar-refractivity contribution in [1.29, 1.82) is 5.26 Å². The molecule has 5 nitrogen and oxygen atoms in total. The molecule has 0 spiro atoms. The van der Waals surface area contributed by atoms with Crippen molar-refractivity contribution in [2.45, 2.75) is 6.92 Å². The van der Waals surface area contributed by atoms with E-state index in [4.69, 9.17) is 9.84 Å². The number of aryl methyl sites for hydroxylation is 1. The lowest BCUT2D eigenvalue weighted by Gasteiger charge is -2.11. The number of aliphatic hydroxyl groups excluding tert-OH is 1. The smallest absolute Gasteiger partial charge is 0.335 e. The Bertz CT molecular complexity index is 747. The fourth-order valence-corrected chi connectivity index (χ4v) is 2.13. The molecule has 0 aliphatic carbocycles. The highest BCUT2D eigenvalue weighted by molar-refractivity contribution is 5.90. The fraction of sp³-hybridized carbons (Fsp3) is 0.176. The molecule has 112 valence electrons. The van der Waals surface area contributed by atoms with Crippen molar-refractivity contribution < 1.29 is 19.7 Å². The molecule has 2 N–H and O–H groups in total. The molecule has 0 saturated heterocycles. The van der Waals surface area contributed by atoms with Crippen molar-refractivity contribution in [2.75, 3.05) is 13.2 Å². The van der Waals surface area contributed by atoms with Crippen LogP contribution in [-0.2, 0) is 0 Å². The molecule has 2 rings (SSSR count). The van der Waals surface area contributed by atoms with Gasteiger partial charge in [-0.15, -0.1) is 0 Å². The van der Waals surface area contributed by atoms with Gasteiger partial charge in [-0.2, -0.15) is 5.26 Å². The van der Waals surface area contributed by atoms with Gasteiger partial charge in [0.2, 0.25) is 0 Å². The zero-order chi connectivity index (χ0) is 16.1. The normalized spacial score (nSPS) is 10.0. The average molecular weight is 297 g/mol. The van der Waals surface area contributed by atoms with Crippen LogP contribution in [0.2, 0.25) is 0 Å². The summed E-state index contributed by atoms with van der Waals surface area (Å²) in [7, 11) is 0. The van der Waals surface area contributed by atoms with Gasteiger partial charge in [-0.3, -0.25) is 0 Å². The van der Waals surface area contributed by atoms with E-state index < -0.39 is 5.97 Å². The lowest BCUT2D eigenvalue weighted by molar-refractivity contribution is 0.0696. The van der Waals surface area contributed by atoms with Crippen LogP contribution in [0, 0.1) is 18.3 Å². The van der Waals surface area contributed by atoms with Gasteiger partial charge in [-0.1, -0.05) is 12.1 Å². The van der Waals surface area contributed by atoms with E-state index in [1.54, 1.807) is 18.2 Å². The van der Waals surface area contributed by atoms with Gasteiger partial charge in [0.25, 0.3) is 0 Å². The SMILES string of the molecule is Cc1ccc(-c2cc(OCCO)cc(C(=O)O)c2)c(C#N)c1. The minimum atomic E-state index is -1.08. The van der Waals surface area contributed by atoms with Crippen LogP contribution in [0.5, 0.6) is 5.75 Å². The van der Waals surface area contributed by atoms with E-state index in [-0.39, 0.29) is 18.8 Å². The summed E-state index contributed by atoms with van der Waals surface area (Å²) in [5.74, 6) is -0.741. The van der Waals surface area contributed by atoms with Crippen molar-refractivity contribution in [1.82, 2.24) is 0 Å². The number of hydrogen-bond acceptors (Lipinski definition) is 4. The second-order valence-corrected chi connectivity index (χ2v) is 4.78. The van der Waals surface area contributed by atoms with Crippen LogP contribution >= 0.6 is 0 Å². The first-order valence-electron chi connectivity index (χ1n) is 6.68. The van der Waals surface area contributed by atoms with Crippen molar-refractivity contribution in [3.05, 3.63) is 53.1 Å². The summed E-state index contributed by atoms with van der Waals surface area (Å²) in [6.45, 7) is 1.79. The predicted octanol–water partition coefficient (Wildman–Crippen LogP) is 2.60. The summed E-state index contributed by atoms with van der Waals surface area (Å²) in [5, 5.41) is 27.3. The Hall–Kier alpha value is -2.84. The van der Waals surface area contributed by atoms with Crippen molar-refractivity contribution in [3.63, 3.8) is 0 Å². The maximum atomic E-state index is 11.2. The zero-order valence-electron chi connectivity index (χ0n) is 12.0.